The zero-order valence-corrected chi connectivity index (χ0v) is 32.9. The summed E-state index contributed by atoms with van der Waals surface area (Å²) in [6.07, 6.45) is -18.4. The first-order chi connectivity index (χ1) is 30.9. The van der Waals surface area contributed by atoms with Crippen LogP contribution in [0.3, 0.4) is 0 Å². The highest BCUT2D eigenvalue weighted by Crippen LogP contribution is 2.45. The van der Waals surface area contributed by atoms with Crippen LogP contribution in [0.4, 0.5) is 0 Å². The maximum Gasteiger partial charge on any atom is 0.239 e. The van der Waals surface area contributed by atoms with E-state index in [4.69, 9.17) is 32.5 Å². The fraction of sp³-hybridized carbons (Fsp3) is 0.286. The summed E-state index contributed by atoms with van der Waals surface area (Å²) in [6.45, 7) is -1.72. The van der Waals surface area contributed by atoms with E-state index in [-0.39, 0.29) is 11.1 Å². The van der Waals surface area contributed by atoms with E-state index in [1.807, 2.05) is 0 Å². The van der Waals surface area contributed by atoms with Crippen molar-refractivity contribution in [1.29, 1.82) is 0 Å². The van der Waals surface area contributed by atoms with Crippen molar-refractivity contribution < 1.29 is 104 Å². The number of phenols is 6. The highest BCUT2D eigenvalue weighted by atomic mass is 16.7. The quantitative estimate of drug-likeness (QED) is 0.0832. The maximum absolute atomic E-state index is 14.0. The van der Waals surface area contributed by atoms with Gasteiger partial charge >= 0.3 is 0 Å². The van der Waals surface area contributed by atoms with Crippen molar-refractivity contribution in [1.82, 2.24) is 0 Å². The third-order valence-corrected chi connectivity index (χ3v) is 10.7. The van der Waals surface area contributed by atoms with Gasteiger partial charge in [-0.25, -0.2) is 0 Å². The number of aromatic hydroxyl groups is 6. The van der Waals surface area contributed by atoms with Crippen molar-refractivity contribution in [2.75, 3.05) is 13.2 Å². The van der Waals surface area contributed by atoms with Gasteiger partial charge in [-0.05, 0) is 36.4 Å². The first-order valence-electron chi connectivity index (χ1n) is 19.2. The second-order valence-corrected chi connectivity index (χ2v) is 15.0. The van der Waals surface area contributed by atoms with Gasteiger partial charge in [0.05, 0.1) is 13.2 Å². The lowest BCUT2D eigenvalue weighted by atomic mass is 9.99. The van der Waals surface area contributed by atoms with Gasteiger partial charge in [-0.3, -0.25) is 9.59 Å². The minimum atomic E-state index is -2.02. The molecule has 0 saturated carbocycles. The molecule has 6 aromatic rings. The zero-order valence-electron chi connectivity index (χ0n) is 32.9. The molecule has 4 aromatic carbocycles. The van der Waals surface area contributed by atoms with Crippen LogP contribution < -0.4 is 25.1 Å². The van der Waals surface area contributed by atoms with Crippen LogP contribution in [0.25, 0.3) is 44.6 Å². The highest BCUT2D eigenvalue weighted by molar-refractivity contribution is 5.89. The van der Waals surface area contributed by atoms with Gasteiger partial charge in [-0.15, -0.1) is 0 Å². The molecular formula is C42H38O23. The fourth-order valence-corrected chi connectivity index (χ4v) is 7.29. The predicted octanol–water partition coefficient (Wildman–Crippen LogP) is -0.383. The molecule has 4 heterocycles. The second kappa shape index (κ2) is 17.2. The number of aliphatic hydroxyl groups excluding tert-OH is 8. The largest absolute Gasteiger partial charge is 0.508 e. The topological polar surface area (TPSA) is 390 Å². The highest BCUT2D eigenvalue weighted by Gasteiger charge is 2.47. The van der Waals surface area contributed by atoms with Gasteiger partial charge < -0.3 is 104 Å². The van der Waals surface area contributed by atoms with Crippen molar-refractivity contribution in [3.05, 3.63) is 81.1 Å². The van der Waals surface area contributed by atoms with Crippen LogP contribution in [0.1, 0.15) is 0 Å². The summed E-state index contributed by atoms with van der Waals surface area (Å²) in [7, 11) is 0. The molecule has 2 aromatic heterocycles. The van der Waals surface area contributed by atoms with Gasteiger partial charge in [0.1, 0.15) is 93.8 Å². The van der Waals surface area contributed by atoms with Crippen LogP contribution in [0, 0.1) is 0 Å². The van der Waals surface area contributed by atoms with E-state index in [0.29, 0.717) is 0 Å². The molecule has 2 aliphatic heterocycles. The molecule has 2 saturated heterocycles. The Balaban J connectivity index is 1.22. The van der Waals surface area contributed by atoms with Crippen LogP contribution >= 0.6 is 0 Å². The molecular weight excluding hydrogens is 872 g/mol. The third-order valence-electron chi connectivity index (χ3n) is 10.7. The molecule has 14 N–H and O–H groups in total. The molecule has 65 heavy (non-hydrogen) atoms. The van der Waals surface area contributed by atoms with Crippen LogP contribution in [-0.4, -0.2) is 146 Å². The smallest absolute Gasteiger partial charge is 0.239 e. The lowest BCUT2D eigenvalue weighted by molar-refractivity contribution is -0.277. The fourth-order valence-electron chi connectivity index (χ4n) is 7.29. The van der Waals surface area contributed by atoms with Crippen LogP contribution in [-0.2, 0) is 9.47 Å². The van der Waals surface area contributed by atoms with Gasteiger partial charge in [0.25, 0.3) is 0 Å². The van der Waals surface area contributed by atoms with E-state index in [2.05, 4.69) is 0 Å². The molecule has 2 aliphatic rings. The minimum absolute atomic E-state index is 0.162. The van der Waals surface area contributed by atoms with Crippen molar-refractivity contribution >= 4 is 21.9 Å². The van der Waals surface area contributed by atoms with Gasteiger partial charge in [-0.1, -0.05) is 0 Å². The average Bonchev–Trinajstić information content (AvgIpc) is 3.26. The van der Waals surface area contributed by atoms with Crippen molar-refractivity contribution in [3.63, 3.8) is 0 Å². The Bertz CT molecular complexity index is 2710. The molecule has 2 fully saturated rings. The van der Waals surface area contributed by atoms with Gasteiger partial charge in [-0.2, -0.15) is 0 Å². The van der Waals surface area contributed by atoms with Crippen molar-refractivity contribution in [3.8, 4) is 80.1 Å². The van der Waals surface area contributed by atoms with E-state index in [1.165, 1.54) is 12.1 Å². The van der Waals surface area contributed by atoms with Crippen LogP contribution in [0.2, 0.25) is 0 Å². The number of fused-ring (bicyclic) bond motifs is 2. The van der Waals surface area contributed by atoms with Gasteiger partial charge in [0.2, 0.25) is 34.9 Å². The monoisotopic (exact) mass is 910 g/mol. The van der Waals surface area contributed by atoms with Crippen molar-refractivity contribution in [2.24, 2.45) is 0 Å². The van der Waals surface area contributed by atoms with Crippen LogP contribution in [0.15, 0.2) is 79.1 Å². The molecule has 8 rings (SSSR count). The third kappa shape index (κ3) is 8.01. The molecule has 0 unspecified atom stereocenters. The van der Waals surface area contributed by atoms with Gasteiger partial charge in [0.15, 0.2) is 34.5 Å². The summed E-state index contributed by atoms with van der Waals surface area (Å²) in [5.74, 6) is -7.40. The molecule has 0 bridgehead atoms. The average molecular weight is 911 g/mol. The van der Waals surface area contributed by atoms with E-state index >= 15 is 0 Å². The number of rotatable bonds is 10. The van der Waals surface area contributed by atoms with Crippen LogP contribution in [0.5, 0.6) is 57.5 Å². The zero-order chi connectivity index (χ0) is 46.8. The molecule has 23 heteroatoms. The molecule has 344 valence electrons. The molecule has 0 aliphatic carbocycles. The minimum Gasteiger partial charge on any atom is -0.508 e. The number of ether oxygens (including phenoxy) is 5. The van der Waals surface area contributed by atoms with E-state index in [0.717, 1.165) is 48.5 Å². The Morgan fingerprint density at radius 2 is 0.862 bits per heavy atom. The van der Waals surface area contributed by atoms with Crippen molar-refractivity contribution in [2.45, 2.75) is 61.4 Å². The summed E-state index contributed by atoms with van der Waals surface area (Å²) in [4.78, 5) is 28.0. The van der Waals surface area contributed by atoms with Gasteiger partial charge in [0, 0.05) is 35.4 Å². The lowest BCUT2D eigenvalue weighted by Crippen LogP contribution is -2.60. The molecule has 0 radical (unpaired) electrons. The Morgan fingerprint density at radius 3 is 1.23 bits per heavy atom. The summed E-state index contributed by atoms with van der Waals surface area (Å²) >= 11 is 0. The normalized spacial score (nSPS) is 25.7. The van der Waals surface area contributed by atoms with E-state index in [1.54, 1.807) is 0 Å². The molecule has 0 spiro atoms. The predicted molar refractivity (Wildman–Crippen MR) is 215 cm³/mol. The SMILES string of the molecule is O=c1c(O[C@@H]2O[C@H](CO)[C@@H](O)[C@H](O)[C@H]2O)c(-c2ccc(O)c(Oc3cc(-c4oc5cc(O)cc(O)c5c(=O)c4O[C@@H]4O[C@H](CO)[C@@H](O)[C@H](O)[C@H]4O)ccc3O)c2)oc2cc(O)cc(O)c12. The number of hydrogen-bond donors (Lipinski definition) is 14. The Morgan fingerprint density at radius 1 is 0.477 bits per heavy atom. The molecule has 23 nitrogen and oxygen atoms in total. The lowest BCUT2D eigenvalue weighted by Gasteiger charge is -2.39. The summed E-state index contributed by atoms with van der Waals surface area (Å²) in [6, 6.07) is 10.2. The summed E-state index contributed by atoms with van der Waals surface area (Å²) < 4.78 is 40.1. The number of hydrogen-bond acceptors (Lipinski definition) is 23. The van der Waals surface area contributed by atoms with E-state index < -0.39 is 176 Å². The number of aliphatic hydroxyl groups is 8. The Labute approximate surface area is 361 Å². The summed E-state index contributed by atoms with van der Waals surface area (Å²) in [5, 5.41) is 145. The maximum atomic E-state index is 14.0. The Hall–Kier alpha value is -6.90. The first kappa shape index (κ1) is 44.7. The second-order valence-electron chi connectivity index (χ2n) is 15.0. The van der Waals surface area contributed by atoms with E-state index in [9.17, 15) is 81.1 Å². The number of benzene rings is 4. The molecule has 0 amide bonds. The number of phenolic OH excluding ortho intramolecular Hbond substituents is 6. The summed E-state index contributed by atoms with van der Waals surface area (Å²) in [5.41, 5.74) is -3.35. The first-order valence-corrected chi connectivity index (χ1v) is 19.2. The molecule has 10 atom stereocenters. The standard InChI is InChI=1S/C42H38O23/c43-11-25-29(51)33(55)35(57)41(62-25)64-39-31(53)27-19(49)7-15(45)9-23(27)60-37(39)13-1-3-17(47)21(5-13)59-22-6-14(2-4-18(22)48)38-40(32(54)28-20(50)8-16(46)10-24(28)61-38)65-42-36(58)34(56)30(52)26(12-44)63-42/h1-10,25-26,29-30,33-36,41-52,55-58H,11-12H2/t25-,26-,29-,30-,33+,34+,35-,36-,41+,42+/m1/s1. The Kier molecular flexibility index (Phi) is 11.9.